The first-order valence-electron chi connectivity index (χ1n) is 14.8. The van der Waals surface area contributed by atoms with Gasteiger partial charge in [0, 0.05) is 17.0 Å². The van der Waals surface area contributed by atoms with Gasteiger partial charge in [-0.1, -0.05) is 49.6 Å². The molecule has 0 saturated heterocycles. The minimum atomic E-state index is -4.37. The van der Waals surface area contributed by atoms with Crippen molar-refractivity contribution in [1.29, 1.82) is 0 Å². The van der Waals surface area contributed by atoms with Crippen LogP contribution in [0.25, 0.3) is 22.2 Å². The molecular formula is C33H42N2O8S. The van der Waals surface area contributed by atoms with Crippen LogP contribution in [0.3, 0.4) is 0 Å². The van der Waals surface area contributed by atoms with Gasteiger partial charge in [0.25, 0.3) is 0 Å². The number of hydrogen-bond donors (Lipinski definition) is 1. The Hall–Kier alpha value is -3.70. The van der Waals surface area contributed by atoms with E-state index in [1.807, 2.05) is 0 Å². The standard InChI is InChI=1S/C33H42N2O8S/c1-32(2,3)42-30(37)24-18-13-17-23(29(24)44(39,40)34-21-14-9-8-10-15-21)28-25(20-27(36)41-7)22-16-11-12-19-26(22)35(28)31(38)43-33(4,5)6/h11-13,16-19,21,34H,8-10,14-15,20H2,1-7H3. The van der Waals surface area contributed by atoms with E-state index in [9.17, 15) is 22.8 Å². The van der Waals surface area contributed by atoms with Gasteiger partial charge in [0.1, 0.15) is 16.1 Å². The minimum Gasteiger partial charge on any atom is -0.469 e. The lowest BCUT2D eigenvalue weighted by Crippen LogP contribution is -2.37. The Morgan fingerprint density at radius 2 is 1.52 bits per heavy atom. The first-order valence-corrected chi connectivity index (χ1v) is 16.3. The van der Waals surface area contributed by atoms with Crippen molar-refractivity contribution in [3.8, 4) is 11.3 Å². The van der Waals surface area contributed by atoms with Crippen LogP contribution in [0.2, 0.25) is 0 Å². The Bertz CT molecular complexity index is 1670. The molecule has 238 valence electrons. The molecular weight excluding hydrogens is 584 g/mol. The van der Waals surface area contributed by atoms with Crippen molar-refractivity contribution in [1.82, 2.24) is 9.29 Å². The summed E-state index contributed by atoms with van der Waals surface area (Å²) in [6, 6.07) is 11.1. The smallest absolute Gasteiger partial charge is 0.419 e. The van der Waals surface area contributed by atoms with Crippen LogP contribution in [-0.2, 0) is 35.4 Å². The quantitative estimate of drug-likeness (QED) is 0.236. The average Bonchev–Trinajstić information content (AvgIpc) is 3.25. The maximum absolute atomic E-state index is 14.4. The van der Waals surface area contributed by atoms with E-state index in [1.54, 1.807) is 65.8 Å². The monoisotopic (exact) mass is 626 g/mol. The Balaban J connectivity index is 2.10. The molecule has 0 radical (unpaired) electrons. The van der Waals surface area contributed by atoms with Crippen LogP contribution in [0.15, 0.2) is 47.4 Å². The van der Waals surface area contributed by atoms with Gasteiger partial charge in [-0.2, -0.15) is 0 Å². The van der Waals surface area contributed by atoms with E-state index >= 15 is 0 Å². The summed E-state index contributed by atoms with van der Waals surface area (Å²) in [5, 5.41) is 0.532. The molecule has 1 aliphatic rings. The summed E-state index contributed by atoms with van der Waals surface area (Å²) in [6.45, 7) is 10.2. The number of carbonyl (C=O) groups is 3. The van der Waals surface area contributed by atoms with Crippen LogP contribution < -0.4 is 4.72 Å². The molecule has 0 amide bonds. The molecule has 0 bridgehead atoms. The predicted molar refractivity (Wildman–Crippen MR) is 167 cm³/mol. The Morgan fingerprint density at radius 1 is 0.886 bits per heavy atom. The van der Waals surface area contributed by atoms with Gasteiger partial charge in [-0.3, -0.25) is 4.79 Å². The third-order valence-corrected chi connectivity index (χ3v) is 8.81. The maximum Gasteiger partial charge on any atom is 0.419 e. The van der Waals surface area contributed by atoms with Crippen molar-refractivity contribution in [2.24, 2.45) is 0 Å². The van der Waals surface area contributed by atoms with E-state index in [2.05, 4.69) is 4.72 Å². The van der Waals surface area contributed by atoms with Crippen molar-refractivity contribution in [2.45, 2.75) is 102 Å². The number of ether oxygens (including phenoxy) is 3. The number of para-hydroxylation sites is 1. The lowest BCUT2D eigenvalue weighted by atomic mass is 9.96. The largest absolute Gasteiger partial charge is 0.469 e. The molecule has 1 N–H and O–H groups in total. The number of benzene rings is 2. The highest BCUT2D eigenvalue weighted by molar-refractivity contribution is 7.89. The maximum atomic E-state index is 14.4. The molecule has 0 aliphatic heterocycles. The van der Waals surface area contributed by atoms with Gasteiger partial charge in [-0.15, -0.1) is 0 Å². The molecule has 44 heavy (non-hydrogen) atoms. The minimum absolute atomic E-state index is 0.0534. The summed E-state index contributed by atoms with van der Waals surface area (Å²) in [6.07, 6.45) is 3.06. The fourth-order valence-electron chi connectivity index (χ4n) is 5.49. The summed E-state index contributed by atoms with van der Waals surface area (Å²) < 4.78 is 49.2. The van der Waals surface area contributed by atoms with Crippen LogP contribution in [0.4, 0.5) is 4.79 Å². The van der Waals surface area contributed by atoms with Crippen molar-refractivity contribution in [3.63, 3.8) is 0 Å². The average molecular weight is 627 g/mol. The van der Waals surface area contributed by atoms with Crippen LogP contribution in [0.5, 0.6) is 0 Å². The van der Waals surface area contributed by atoms with Gasteiger partial charge in [-0.05, 0) is 72.1 Å². The molecule has 1 heterocycles. The topological polar surface area (TPSA) is 130 Å². The lowest BCUT2D eigenvalue weighted by Gasteiger charge is -2.26. The molecule has 2 aromatic carbocycles. The summed E-state index contributed by atoms with van der Waals surface area (Å²) in [7, 11) is -3.12. The Morgan fingerprint density at radius 3 is 2.14 bits per heavy atom. The number of aromatic nitrogens is 1. The third-order valence-electron chi connectivity index (χ3n) is 7.19. The van der Waals surface area contributed by atoms with Gasteiger partial charge in [0.05, 0.1) is 30.3 Å². The summed E-state index contributed by atoms with van der Waals surface area (Å²) >= 11 is 0. The molecule has 4 rings (SSSR count). The predicted octanol–water partition coefficient (Wildman–Crippen LogP) is 6.37. The number of methoxy groups -OCH3 is 1. The SMILES string of the molecule is COC(=O)Cc1c(-c2cccc(C(=O)OC(C)(C)C)c2S(=O)(=O)NC2CCCCC2)n(C(=O)OC(C)(C)C)c2ccccc12. The molecule has 3 aromatic rings. The second-order valence-electron chi connectivity index (χ2n) is 13.1. The molecule has 1 aliphatic carbocycles. The number of rotatable bonds is 7. The van der Waals surface area contributed by atoms with Crippen molar-refractivity contribution >= 4 is 39.0 Å². The van der Waals surface area contributed by atoms with E-state index in [-0.39, 0.29) is 34.2 Å². The first-order chi connectivity index (χ1) is 20.5. The van der Waals surface area contributed by atoms with Gasteiger partial charge < -0.3 is 14.2 Å². The Kier molecular flexibility index (Phi) is 9.60. The van der Waals surface area contributed by atoms with Gasteiger partial charge >= 0.3 is 18.0 Å². The number of nitrogens with zero attached hydrogens (tertiary/aromatic N) is 1. The molecule has 0 spiro atoms. The molecule has 1 fully saturated rings. The van der Waals surface area contributed by atoms with E-state index in [0.29, 0.717) is 29.3 Å². The van der Waals surface area contributed by atoms with Crippen molar-refractivity contribution < 1.29 is 37.0 Å². The number of carbonyl (C=O) groups excluding carboxylic acids is 3. The highest BCUT2D eigenvalue weighted by Gasteiger charge is 2.35. The fourth-order valence-corrected chi connectivity index (χ4v) is 7.18. The molecule has 0 atom stereocenters. The highest BCUT2D eigenvalue weighted by atomic mass is 32.2. The van der Waals surface area contributed by atoms with Gasteiger partial charge in [0.15, 0.2) is 0 Å². The third kappa shape index (κ3) is 7.50. The zero-order valence-corrected chi connectivity index (χ0v) is 27.3. The zero-order chi connectivity index (χ0) is 32.4. The van der Waals surface area contributed by atoms with Crippen molar-refractivity contribution in [2.75, 3.05) is 7.11 Å². The molecule has 10 nitrogen and oxygen atoms in total. The normalized spacial score (nSPS) is 14.8. The number of esters is 2. The number of sulfonamides is 1. The number of fused-ring (bicyclic) bond motifs is 1. The summed E-state index contributed by atoms with van der Waals surface area (Å²) in [4.78, 5) is 39.9. The highest BCUT2D eigenvalue weighted by Crippen LogP contribution is 2.40. The second kappa shape index (κ2) is 12.7. The molecule has 0 unspecified atom stereocenters. The second-order valence-corrected chi connectivity index (χ2v) is 14.7. The number of hydrogen-bond acceptors (Lipinski definition) is 8. The molecule has 1 saturated carbocycles. The Labute approximate surface area is 259 Å². The van der Waals surface area contributed by atoms with Crippen LogP contribution in [0.1, 0.15) is 89.6 Å². The van der Waals surface area contributed by atoms with Crippen LogP contribution in [0, 0.1) is 0 Å². The lowest BCUT2D eigenvalue weighted by molar-refractivity contribution is -0.139. The van der Waals surface area contributed by atoms with Gasteiger partial charge in [-0.25, -0.2) is 27.3 Å². The van der Waals surface area contributed by atoms with E-state index in [4.69, 9.17) is 14.2 Å². The van der Waals surface area contributed by atoms with Crippen molar-refractivity contribution in [3.05, 3.63) is 53.6 Å². The van der Waals surface area contributed by atoms with E-state index < -0.39 is 39.3 Å². The van der Waals surface area contributed by atoms with Crippen LogP contribution >= 0.6 is 0 Å². The summed E-state index contributed by atoms with van der Waals surface area (Å²) in [5.74, 6) is -1.43. The summed E-state index contributed by atoms with van der Waals surface area (Å²) in [5.41, 5.74) is -1.07. The van der Waals surface area contributed by atoms with E-state index in [0.717, 1.165) is 19.3 Å². The zero-order valence-electron chi connectivity index (χ0n) is 26.5. The van der Waals surface area contributed by atoms with Gasteiger partial charge in [0.2, 0.25) is 10.0 Å². The first kappa shape index (κ1) is 33.2. The molecule has 11 heteroatoms. The fraction of sp³-hybridized carbons (Fsp3) is 0.485. The number of nitrogens with one attached hydrogen (secondary N) is 1. The van der Waals surface area contributed by atoms with E-state index in [1.165, 1.54) is 29.9 Å². The van der Waals surface area contributed by atoms with Crippen LogP contribution in [-0.4, -0.2) is 55.4 Å². The molecule has 1 aromatic heterocycles.